The van der Waals surface area contributed by atoms with Crippen LogP contribution in [0.15, 0.2) is 29.1 Å². The van der Waals surface area contributed by atoms with E-state index in [9.17, 15) is 4.79 Å². The lowest BCUT2D eigenvalue weighted by Gasteiger charge is -2.26. The maximum atomic E-state index is 11.7. The molecule has 1 unspecified atom stereocenters. The molecule has 2 aromatic rings. The van der Waals surface area contributed by atoms with Crippen LogP contribution in [-0.4, -0.2) is 4.98 Å². The maximum Gasteiger partial charge on any atom is 0.251 e. The van der Waals surface area contributed by atoms with Crippen LogP contribution in [0.3, 0.4) is 0 Å². The van der Waals surface area contributed by atoms with Gasteiger partial charge in [0, 0.05) is 11.1 Å². The first-order valence-corrected chi connectivity index (χ1v) is 7.86. The molecule has 1 aromatic heterocycles. The zero-order valence-electron chi connectivity index (χ0n) is 11.8. The van der Waals surface area contributed by atoms with Gasteiger partial charge in [0.25, 0.3) is 5.56 Å². The summed E-state index contributed by atoms with van der Waals surface area (Å²) in [5.74, 6) is 0.569. The third-order valence-corrected chi connectivity index (χ3v) is 5.05. The summed E-state index contributed by atoms with van der Waals surface area (Å²) in [6.45, 7) is 1.83. The van der Waals surface area contributed by atoms with E-state index >= 15 is 0 Å². The van der Waals surface area contributed by atoms with Crippen molar-refractivity contribution in [1.29, 1.82) is 0 Å². The average Bonchev–Trinajstić information content (AvgIpc) is 2.48. The highest BCUT2D eigenvalue weighted by molar-refractivity contribution is 6.21. The van der Waals surface area contributed by atoms with Crippen LogP contribution in [0.5, 0.6) is 0 Å². The van der Waals surface area contributed by atoms with Gasteiger partial charge in [-0.25, -0.2) is 0 Å². The number of alkyl halides is 1. The van der Waals surface area contributed by atoms with E-state index in [2.05, 4.69) is 17.1 Å². The van der Waals surface area contributed by atoms with E-state index in [-0.39, 0.29) is 10.9 Å². The fraction of sp³-hybridized carbons (Fsp3) is 0.471. The fourth-order valence-corrected chi connectivity index (χ4v) is 3.59. The van der Waals surface area contributed by atoms with Crippen LogP contribution in [0.4, 0.5) is 0 Å². The highest BCUT2D eigenvalue weighted by atomic mass is 35.5. The minimum Gasteiger partial charge on any atom is -0.322 e. The molecule has 1 heterocycles. The van der Waals surface area contributed by atoms with E-state index in [0.717, 1.165) is 22.0 Å². The molecule has 1 aliphatic rings. The Hall–Kier alpha value is -1.28. The van der Waals surface area contributed by atoms with Gasteiger partial charge in [0.1, 0.15) is 0 Å². The van der Waals surface area contributed by atoms with Crippen LogP contribution in [0, 0.1) is 12.8 Å². The van der Waals surface area contributed by atoms with E-state index in [4.69, 9.17) is 11.6 Å². The van der Waals surface area contributed by atoms with E-state index in [0.29, 0.717) is 5.92 Å². The molecule has 3 rings (SSSR count). The molecule has 0 saturated heterocycles. The van der Waals surface area contributed by atoms with Crippen LogP contribution in [0.2, 0.25) is 0 Å². The number of hydrogen-bond donors (Lipinski definition) is 1. The number of aromatic nitrogens is 1. The van der Waals surface area contributed by atoms with E-state index in [1.165, 1.54) is 32.1 Å². The summed E-state index contributed by atoms with van der Waals surface area (Å²) in [4.78, 5) is 14.7. The van der Waals surface area contributed by atoms with Crippen molar-refractivity contribution >= 4 is 22.5 Å². The summed E-state index contributed by atoms with van der Waals surface area (Å²) in [7, 11) is 0. The molecule has 3 heteroatoms. The SMILES string of the molecule is Cc1cc2ccc(C(Cl)C3CCCCC3)cc2[nH]c1=O. The molecule has 1 fully saturated rings. The van der Waals surface area contributed by atoms with E-state index in [1.807, 2.05) is 19.1 Å². The standard InChI is InChI=1S/C17H20ClNO/c1-11-9-13-7-8-14(10-15(13)19-17(11)20)16(18)12-5-3-2-4-6-12/h7-10,12,16H,2-6H2,1H3,(H,19,20). The molecule has 0 spiro atoms. The second kappa shape index (κ2) is 5.61. The first-order chi connectivity index (χ1) is 9.65. The van der Waals surface area contributed by atoms with Gasteiger partial charge in [-0.3, -0.25) is 4.79 Å². The van der Waals surface area contributed by atoms with Crippen molar-refractivity contribution in [1.82, 2.24) is 4.98 Å². The van der Waals surface area contributed by atoms with Crippen molar-refractivity contribution in [2.24, 2.45) is 5.92 Å². The number of H-pyrrole nitrogens is 1. The highest BCUT2D eigenvalue weighted by Crippen LogP contribution is 2.39. The van der Waals surface area contributed by atoms with Crippen LogP contribution in [-0.2, 0) is 0 Å². The molecule has 20 heavy (non-hydrogen) atoms. The monoisotopic (exact) mass is 289 g/mol. The Morgan fingerprint density at radius 3 is 2.70 bits per heavy atom. The molecule has 1 N–H and O–H groups in total. The average molecular weight is 290 g/mol. The molecule has 1 atom stereocenters. The van der Waals surface area contributed by atoms with Crippen LogP contribution < -0.4 is 5.56 Å². The van der Waals surface area contributed by atoms with Gasteiger partial charge in [-0.15, -0.1) is 11.6 Å². The number of fused-ring (bicyclic) bond motifs is 1. The van der Waals surface area contributed by atoms with Gasteiger partial charge in [-0.05, 0) is 48.8 Å². The number of halogens is 1. The lowest BCUT2D eigenvalue weighted by molar-refractivity contribution is 0.348. The quantitative estimate of drug-likeness (QED) is 0.799. The molecular formula is C17H20ClNO. The first kappa shape index (κ1) is 13.7. The Labute approximate surface area is 124 Å². The van der Waals surface area contributed by atoms with Crippen LogP contribution in [0.1, 0.15) is 48.6 Å². The molecule has 0 amide bonds. The van der Waals surface area contributed by atoms with Crippen LogP contribution in [0.25, 0.3) is 10.9 Å². The Bertz CT molecular complexity index is 670. The molecule has 0 aliphatic heterocycles. The highest BCUT2D eigenvalue weighted by Gasteiger charge is 2.23. The van der Waals surface area contributed by atoms with Crippen molar-refractivity contribution in [2.45, 2.75) is 44.4 Å². The first-order valence-electron chi connectivity index (χ1n) is 7.43. The second-order valence-corrected chi connectivity index (χ2v) is 6.40. The smallest absolute Gasteiger partial charge is 0.251 e. The summed E-state index contributed by atoms with van der Waals surface area (Å²) in [5, 5.41) is 1.13. The minimum atomic E-state index is -0.0153. The third-order valence-electron chi connectivity index (χ3n) is 4.44. The number of aromatic amines is 1. The van der Waals surface area contributed by atoms with Gasteiger partial charge < -0.3 is 4.98 Å². The number of hydrogen-bond acceptors (Lipinski definition) is 1. The van der Waals surface area contributed by atoms with Gasteiger partial charge in [-0.2, -0.15) is 0 Å². The van der Waals surface area contributed by atoms with E-state index < -0.39 is 0 Å². The molecule has 1 aliphatic carbocycles. The van der Waals surface area contributed by atoms with E-state index in [1.54, 1.807) is 0 Å². The lowest BCUT2D eigenvalue weighted by Crippen LogP contribution is -2.13. The number of rotatable bonds is 2. The summed E-state index contributed by atoms with van der Waals surface area (Å²) in [6.07, 6.45) is 6.35. The molecule has 1 aromatic carbocycles. The molecular weight excluding hydrogens is 270 g/mol. The van der Waals surface area contributed by atoms with Crippen molar-refractivity contribution in [3.8, 4) is 0 Å². The fourth-order valence-electron chi connectivity index (χ4n) is 3.20. The second-order valence-electron chi connectivity index (χ2n) is 5.93. The normalized spacial score (nSPS) is 18.3. The van der Waals surface area contributed by atoms with Crippen molar-refractivity contribution in [3.05, 3.63) is 45.7 Å². The topological polar surface area (TPSA) is 32.9 Å². The summed E-state index contributed by atoms with van der Waals surface area (Å²) < 4.78 is 0. The summed E-state index contributed by atoms with van der Waals surface area (Å²) in [5.41, 5.74) is 2.75. The molecule has 2 nitrogen and oxygen atoms in total. The minimum absolute atomic E-state index is 0.0153. The molecule has 0 radical (unpaired) electrons. The van der Waals surface area contributed by atoms with Gasteiger partial charge in [0.05, 0.1) is 5.38 Å². The van der Waals surface area contributed by atoms with Crippen molar-refractivity contribution in [3.63, 3.8) is 0 Å². The van der Waals surface area contributed by atoms with Gasteiger partial charge >= 0.3 is 0 Å². The summed E-state index contributed by atoms with van der Waals surface area (Å²) >= 11 is 6.66. The Kier molecular flexibility index (Phi) is 3.84. The summed E-state index contributed by atoms with van der Waals surface area (Å²) in [6, 6.07) is 8.14. The number of aryl methyl sites for hydroxylation is 1. The Morgan fingerprint density at radius 1 is 1.20 bits per heavy atom. The lowest BCUT2D eigenvalue weighted by atomic mass is 9.84. The van der Waals surface area contributed by atoms with Crippen LogP contribution >= 0.6 is 11.6 Å². The maximum absolute atomic E-state index is 11.7. The number of pyridine rings is 1. The zero-order chi connectivity index (χ0) is 14.1. The zero-order valence-corrected chi connectivity index (χ0v) is 12.5. The molecule has 106 valence electrons. The van der Waals surface area contributed by atoms with Crippen molar-refractivity contribution < 1.29 is 0 Å². The number of benzene rings is 1. The Morgan fingerprint density at radius 2 is 1.95 bits per heavy atom. The Balaban J connectivity index is 1.95. The van der Waals surface area contributed by atoms with Gasteiger partial charge in [-0.1, -0.05) is 31.4 Å². The third kappa shape index (κ3) is 2.62. The number of nitrogens with one attached hydrogen (secondary N) is 1. The predicted octanol–water partition coefficient (Wildman–Crippen LogP) is 4.70. The van der Waals surface area contributed by atoms with Crippen molar-refractivity contribution in [2.75, 3.05) is 0 Å². The largest absolute Gasteiger partial charge is 0.322 e. The molecule has 1 saturated carbocycles. The van der Waals surface area contributed by atoms with Gasteiger partial charge in [0.15, 0.2) is 0 Å². The van der Waals surface area contributed by atoms with Gasteiger partial charge in [0.2, 0.25) is 0 Å². The predicted molar refractivity (Wildman–Crippen MR) is 84.5 cm³/mol. The molecule has 0 bridgehead atoms.